The quantitative estimate of drug-likeness (QED) is 0.730. The molecule has 0 aliphatic carbocycles. The number of ether oxygens (including phenoxy) is 2. The fraction of sp³-hybridized carbons (Fsp3) is 0.368. The van der Waals surface area contributed by atoms with Crippen molar-refractivity contribution >= 4 is 15.9 Å². The van der Waals surface area contributed by atoms with Crippen molar-refractivity contribution in [2.45, 2.75) is 32.4 Å². The van der Waals surface area contributed by atoms with E-state index in [9.17, 15) is 0 Å². The van der Waals surface area contributed by atoms with Gasteiger partial charge in [-0.25, -0.2) is 0 Å². The largest absolute Gasteiger partial charge is 0.493 e. The summed E-state index contributed by atoms with van der Waals surface area (Å²) in [4.78, 5) is 0. The Balaban J connectivity index is 1.93. The van der Waals surface area contributed by atoms with Gasteiger partial charge in [0.1, 0.15) is 0 Å². The fourth-order valence-corrected chi connectivity index (χ4v) is 3.04. The normalized spacial score (nSPS) is 12.0. The molecule has 0 aliphatic rings. The van der Waals surface area contributed by atoms with E-state index in [0.29, 0.717) is 6.04 Å². The van der Waals surface area contributed by atoms with Gasteiger partial charge in [-0.05, 0) is 37.5 Å². The van der Waals surface area contributed by atoms with Gasteiger partial charge >= 0.3 is 0 Å². The number of benzene rings is 2. The number of nitrogens with one attached hydrogen (secondary N) is 1. The van der Waals surface area contributed by atoms with Crippen LogP contribution in [0.4, 0.5) is 0 Å². The van der Waals surface area contributed by atoms with Crippen molar-refractivity contribution in [2.75, 3.05) is 14.2 Å². The molecule has 0 bridgehead atoms. The Morgan fingerprint density at radius 2 is 1.83 bits per heavy atom. The van der Waals surface area contributed by atoms with E-state index in [1.165, 1.54) is 5.56 Å². The summed E-state index contributed by atoms with van der Waals surface area (Å²) < 4.78 is 11.9. The Kier molecular flexibility index (Phi) is 6.93. The molecule has 0 saturated heterocycles. The molecule has 0 spiro atoms. The highest BCUT2D eigenvalue weighted by Crippen LogP contribution is 2.34. The molecule has 3 nitrogen and oxygen atoms in total. The first-order chi connectivity index (χ1) is 11.1. The Bertz CT molecular complexity index is 616. The molecule has 4 heteroatoms. The monoisotopic (exact) mass is 377 g/mol. The van der Waals surface area contributed by atoms with Gasteiger partial charge in [0.2, 0.25) is 0 Å². The van der Waals surface area contributed by atoms with Gasteiger partial charge in [-0.3, -0.25) is 0 Å². The Labute approximate surface area is 147 Å². The number of hydrogen-bond donors (Lipinski definition) is 1. The van der Waals surface area contributed by atoms with Crippen LogP contribution in [0.5, 0.6) is 11.5 Å². The third-order valence-corrected chi connectivity index (χ3v) is 4.33. The molecule has 0 heterocycles. The zero-order chi connectivity index (χ0) is 16.7. The van der Waals surface area contributed by atoms with Crippen molar-refractivity contribution < 1.29 is 9.47 Å². The highest BCUT2D eigenvalue weighted by atomic mass is 79.9. The molecule has 124 valence electrons. The van der Waals surface area contributed by atoms with Gasteiger partial charge in [-0.15, -0.1) is 0 Å². The summed E-state index contributed by atoms with van der Waals surface area (Å²) in [6.45, 7) is 2.96. The molecule has 2 aromatic rings. The fourth-order valence-electron chi connectivity index (χ4n) is 2.55. The smallest absolute Gasteiger partial charge is 0.165 e. The Morgan fingerprint density at radius 3 is 2.48 bits per heavy atom. The van der Waals surface area contributed by atoms with Gasteiger partial charge in [-0.2, -0.15) is 0 Å². The number of hydrogen-bond acceptors (Lipinski definition) is 3. The van der Waals surface area contributed by atoms with Crippen LogP contribution in [0, 0.1) is 0 Å². The van der Waals surface area contributed by atoms with Crippen LogP contribution in [-0.2, 0) is 13.0 Å². The second kappa shape index (κ2) is 8.94. The Hall–Kier alpha value is -1.52. The van der Waals surface area contributed by atoms with Gasteiger partial charge in [0, 0.05) is 22.6 Å². The topological polar surface area (TPSA) is 30.5 Å². The summed E-state index contributed by atoms with van der Waals surface area (Å²) in [5.41, 5.74) is 2.47. The molecule has 0 unspecified atom stereocenters. The van der Waals surface area contributed by atoms with E-state index < -0.39 is 0 Å². The van der Waals surface area contributed by atoms with E-state index >= 15 is 0 Å². The second-order valence-electron chi connectivity index (χ2n) is 5.61. The lowest BCUT2D eigenvalue weighted by molar-refractivity contribution is 0.349. The average Bonchev–Trinajstić information content (AvgIpc) is 2.58. The van der Waals surface area contributed by atoms with Crippen LogP contribution in [0.25, 0.3) is 0 Å². The van der Waals surface area contributed by atoms with Gasteiger partial charge in [0.05, 0.1) is 14.2 Å². The minimum absolute atomic E-state index is 0.421. The van der Waals surface area contributed by atoms with E-state index in [0.717, 1.165) is 40.9 Å². The molecule has 0 amide bonds. The van der Waals surface area contributed by atoms with Crippen molar-refractivity contribution in [3.05, 3.63) is 58.1 Å². The summed E-state index contributed by atoms with van der Waals surface area (Å²) in [5, 5.41) is 3.57. The first kappa shape index (κ1) is 17.8. The zero-order valence-electron chi connectivity index (χ0n) is 13.9. The molecule has 23 heavy (non-hydrogen) atoms. The van der Waals surface area contributed by atoms with Crippen LogP contribution >= 0.6 is 15.9 Å². The van der Waals surface area contributed by atoms with Crippen LogP contribution in [-0.4, -0.2) is 20.3 Å². The third-order valence-electron chi connectivity index (χ3n) is 3.87. The number of halogens is 1. The zero-order valence-corrected chi connectivity index (χ0v) is 15.5. The molecule has 2 rings (SSSR count). The molecular formula is C19H24BrNO2. The van der Waals surface area contributed by atoms with Gasteiger partial charge in [-0.1, -0.05) is 46.3 Å². The molecule has 0 radical (unpaired) electrons. The number of methoxy groups -OCH3 is 2. The lowest BCUT2D eigenvalue weighted by atomic mass is 10.1. The second-order valence-corrected chi connectivity index (χ2v) is 6.52. The first-order valence-electron chi connectivity index (χ1n) is 7.81. The summed E-state index contributed by atoms with van der Waals surface area (Å²) in [6, 6.07) is 15.0. The van der Waals surface area contributed by atoms with Crippen molar-refractivity contribution in [1.29, 1.82) is 0 Å². The van der Waals surface area contributed by atoms with Crippen molar-refractivity contribution in [3.63, 3.8) is 0 Å². The highest BCUT2D eigenvalue weighted by Gasteiger charge is 2.12. The molecule has 1 N–H and O–H groups in total. The van der Waals surface area contributed by atoms with Crippen LogP contribution in [0.3, 0.4) is 0 Å². The predicted octanol–water partition coefficient (Wildman–Crippen LogP) is 4.58. The van der Waals surface area contributed by atoms with Gasteiger partial charge in [0.15, 0.2) is 11.5 Å². The lowest BCUT2D eigenvalue weighted by Gasteiger charge is -2.17. The first-order valence-corrected chi connectivity index (χ1v) is 8.61. The summed E-state index contributed by atoms with van der Waals surface area (Å²) in [6.07, 6.45) is 2.17. The van der Waals surface area contributed by atoms with Crippen molar-refractivity contribution in [1.82, 2.24) is 5.32 Å². The number of aryl methyl sites for hydroxylation is 1. The van der Waals surface area contributed by atoms with Crippen LogP contribution in [0.1, 0.15) is 24.5 Å². The number of rotatable bonds is 8. The molecule has 0 fully saturated rings. The molecule has 0 saturated carbocycles. The third kappa shape index (κ3) is 5.26. The standard InChI is InChI=1S/C19H24BrNO2/c1-14(9-10-15-7-5-4-6-8-15)21-13-16-11-17(20)12-18(22-2)19(16)23-3/h4-8,11-12,14,21H,9-10,13H2,1-3H3/t14-/m0/s1. The molecular weight excluding hydrogens is 354 g/mol. The molecule has 2 aromatic carbocycles. The maximum atomic E-state index is 5.50. The molecule has 0 aliphatic heterocycles. The minimum Gasteiger partial charge on any atom is -0.493 e. The summed E-state index contributed by atoms with van der Waals surface area (Å²) in [5.74, 6) is 1.54. The lowest BCUT2D eigenvalue weighted by Crippen LogP contribution is -2.26. The van der Waals surface area contributed by atoms with Crippen LogP contribution < -0.4 is 14.8 Å². The summed E-state index contributed by atoms with van der Waals surface area (Å²) in [7, 11) is 3.33. The maximum Gasteiger partial charge on any atom is 0.165 e. The van der Waals surface area contributed by atoms with Gasteiger partial charge < -0.3 is 14.8 Å². The van der Waals surface area contributed by atoms with Crippen molar-refractivity contribution in [2.24, 2.45) is 0 Å². The summed E-state index contributed by atoms with van der Waals surface area (Å²) >= 11 is 3.52. The van der Waals surface area contributed by atoms with Crippen LogP contribution in [0.15, 0.2) is 46.9 Å². The van der Waals surface area contributed by atoms with E-state index in [1.54, 1.807) is 14.2 Å². The van der Waals surface area contributed by atoms with Crippen LogP contribution in [0.2, 0.25) is 0 Å². The molecule has 0 aromatic heterocycles. The highest BCUT2D eigenvalue weighted by molar-refractivity contribution is 9.10. The SMILES string of the molecule is COc1cc(Br)cc(CN[C@@H](C)CCc2ccccc2)c1OC. The van der Waals surface area contributed by atoms with E-state index in [4.69, 9.17) is 9.47 Å². The van der Waals surface area contributed by atoms with Crippen molar-refractivity contribution in [3.8, 4) is 11.5 Å². The molecule has 1 atom stereocenters. The predicted molar refractivity (Wildman–Crippen MR) is 98.3 cm³/mol. The van der Waals surface area contributed by atoms with E-state index in [1.807, 2.05) is 6.07 Å². The van der Waals surface area contributed by atoms with E-state index in [-0.39, 0.29) is 0 Å². The minimum atomic E-state index is 0.421. The van der Waals surface area contributed by atoms with Gasteiger partial charge in [0.25, 0.3) is 0 Å². The maximum absolute atomic E-state index is 5.50. The average molecular weight is 378 g/mol. The Morgan fingerprint density at radius 1 is 1.09 bits per heavy atom. The van der Waals surface area contributed by atoms with E-state index in [2.05, 4.69) is 64.6 Å².